The van der Waals surface area contributed by atoms with Crippen LogP contribution >= 0.6 is 11.3 Å². The molecule has 34 heavy (non-hydrogen) atoms. The molecule has 2 unspecified atom stereocenters. The fourth-order valence-electron chi connectivity index (χ4n) is 4.87. The summed E-state index contributed by atoms with van der Waals surface area (Å²) in [5.41, 5.74) is 3.38. The van der Waals surface area contributed by atoms with E-state index in [9.17, 15) is 14.4 Å². The fraction of sp³-hybridized carbons (Fsp3) is 0.296. The predicted octanol–water partition coefficient (Wildman–Crippen LogP) is 5.31. The van der Waals surface area contributed by atoms with Crippen molar-refractivity contribution in [3.05, 3.63) is 76.5 Å². The monoisotopic (exact) mass is 473 g/mol. The molecule has 3 aromatic rings. The molecule has 1 N–H and O–H groups in total. The Morgan fingerprint density at radius 3 is 2.50 bits per heavy atom. The number of benzene rings is 2. The number of hydrogen-bond donors (Lipinski definition) is 1. The van der Waals surface area contributed by atoms with E-state index in [4.69, 9.17) is 0 Å². The number of amides is 3. The first-order chi connectivity index (χ1) is 16.5. The average molecular weight is 474 g/mol. The molecule has 2 aliphatic rings. The summed E-state index contributed by atoms with van der Waals surface area (Å²) in [6.07, 6.45) is 2.21. The Hall–Kier alpha value is -3.45. The van der Waals surface area contributed by atoms with Crippen molar-refractivity contribution in [3.8, 4) is 0 Å². The second kappa shape index (κ2) is 9.43. The fourth-order valence-corrected chi connectivity index (χ4v) is 5.75. The molecular weight excluding hydrogens is 446 g/mol. The van der Waals surface area contributed by atoms with Crippen molar-refractivity contribution in [2.75, 3.05) is 21.7 Å². The van der Waals surface area contributed by atoms with E-state index in [-0.39, 0.29) is 23.8 Å². The van der Waals surface area contributed by atoms with Crippen molar-refractivity contribution in [1.29, 1.82) is 0 Å². The summed E-state index contributed by atoms with van der Waals surface area (Å²) in [5.74, 6) is -0.371. The summed E-state index contributed by atoms with van der Waals surface area (Å²) in [4.78, 5) is 43.4. The van der Waals surface area contributed by atoms with E-state index < -0.39 is 5.92 Å². The zero-order valence-electron chi connectivity index (χ0n) is 19.1. The van der Waals surface area contributed by atoms with Crippen LogP contribution in [0.15, 0.2) is 66.0 Å². The number of thiophene rings is 1. The van der Waals surface area contributed by atoms with E-state index in [1.54, 1.807) is 21.1 Å². The van der Waals surface area contributed by atoms with Gasteiger partial charge in [0.2, 0.25) is 17.7 Å². The Kier molecular flexibility index (Phi) is 6.20. The number of anilines is 3. The van der Waals surface area contributed by atoms with Crippen LogP contribution in [0, 0.1) is 12.8 Å². The summed E-state index contributed by atoms with van der Waals surface area (Å²) in [5, 5.41) is 5.05. The Bertz CT molecular complexity index is 1210. The molecule has 3 heterocycles. The Morgan fingerprint density at radius 1 is 0.971 bits per heavy atom. The highest BCUT2D eigenvalue weighted by atomic mass is 32.1. The lowest BCUT2D eigenvalue weighted by molar-refractivity contribution is -0.126. The van der Waals surface area contributed by atoms with Crippen molar-refractivity contribution in [3.63, 3.8) is 0 Å². The van der Waals surface area contributed by atoms with Gasteiger partial charge in [0.15, 0.2) is 0 Å². The van der Waals surface area contributed by atoms with Gasteiger partial charge in [0.1, 0.15) is 0 Å². The molecule has 174 valence electrons. The maximum Gasteiger partial charge on any atom is 0.229 e. The first-order valence-corrected chi connectivity index (χ1v) is 12.5. The lowest BCUT2D eigenvalue weighted by Gasteiger charge is -2.40. The van der Waals surface area contributed by atoms with Gasteiger partial charge >= 0.3 is 0 Å². The van der Waals surface area contributed by atoms with Crippen LogP contribution in [-0.2, 0) is 14.4 Å². The minimum atomic E-state index is -0.394. The van der Waals surface area contributed by atoms with Gasteiger partial charge in [-0.25, -0.2) is 0 Å². The molecule has 2 aromatic carbocycles. The molecule has 2 atom stereocenters. The van der Waals surface area contributed by atoms with E-state index in [1.807, 2.05) is 73.0 Å². The van der Waals surface area contributed by atoms with Gasteiger partial charge in [-0.05, 0) is 61.5 Å². The first kappa shape index (κ1) is 22.3. The van der Waals surface area contributed by atoms with Crippen molar-refractivity contribution in [1.82, 2.24) is 0 Å². The van der Waals surface area contributed by atoms with Crippen molar-refractivity contribution < 1.29 is 14.4 Å². The molecule has 7 heteroatoms. The van der Waals surface area contributed by atoms with Crippen LogP contribution < -0.4 is 15.1 Å². The molecule has 2 aliphatic heterocycles. The first-order valence-electron chi connectivity index (χ1n) is 11.6. The van der Waals surface area contributed by atoms with Crippen LogP contribution in [0.5, 0.6) is 0 Å². The minimum absolute atomic E-state index is 0.0286. The average Bonchev–Trinajstić information content (AvgIpc) is 3.52. The van der Waals surface area contributed by atoms with Crippen LogP contribution in [0.2, 0.25) is 0 Å². The number of nitrogens with one attached hydrogen (secondary N) is 1. The third-order valence-corrected chi connectivity index (χ3v) is 7.52. The largest absolute Gasteiger partial charge is 0.326 e. The van der Waals surface area contributed by atoms with Gasteiger partial charge in [0.25, 0.3) is 0 Å². The lowest BCUT2D eigenvalue weighted by atomic mass is 9.86. The molecule has 0 saturated carbocycles. The number of hydrogen-bond acceptors (Lipinski definition) is 4. The van der Waals surface area contributed by atoms with Gasteiger partial charge in [-0.15, -0.1) is 11.3 Å². The van der Waals surface area contributed by atoms with E-state index in [1.165, 1.54) is 0 Å². The molecule has 5 rings (SSSR count). The predicted molar refractivity (Wildman–Crippen MR) is 135 cm³/mol. The van der Waals surface area contributed by atoms with E-state index in [0.29, 0.717) is 31.5 Å². The summed E-state index contributed by atoms with van der Waals surface area (Å²) in [6.45, 7) is 2.71. The number of carbonyl (C=O) groups is 3. The minimum Gasteiger partial charge on any atom is -0.326 e. The molecule has 1 aromatic heterocycles. The van der Waals surface area contributed by atoms with Crippen molar-refractivity contribution in [2.24, 2.45) is 5.92 Å². The molecule has 6 nitrogen and oxygen atoms in total. The third-order valence-electron chi connectivity index (χ3n) is 6.58. The SMILES string of the molecule is Cc1ccc(N2C(=O)CCC(C(=O)Nc3cccc(N4CCCC4=O)c3)C2c2cccs2)cc1. The summed E-state index contributed by atoms with van der Waals surface area (Å²) in [6, 6.07) is 18.9. The highest BCUT2D eigenvalue weighted by Crippen LogP contribution is 2.42. The second-order valence-electron chi connectivity index (χ2n) is 8.89. The topological polar surface area (TPSA) is 69.7 Å². The lowest BCUT2D eigenvalue weighted by Crippen LogP contribution is -2.46. The normalized spacial score (nSPS) is 20.6. The van der Waals surface area contributed by atoms with Gasteiger partial charge in [-0.2, -0.15) is 0 Å². The number of aryl methyl sites for hydroxylation is 1. The summed E-state index contributed by atoms with van der Waals surface area (Å²) in [7, 11) is 0. The van der Waals surface area contributed by atoms with E-state index in [0.717, 1.165) is 28.2 Å². The van der Waals surface area contributed by atoms with Gasteiger partial charge in [0, 0.05) is 41.3 Å². The molecule has 0 radical (unpaired) electrons. The zero-order chi connectivity index (χ0) is 23.7. The molecule has 0 bridgehead atoms. The van der Waals surface area contributed by atoms with Gasteiger partial charge < -0.3 is 15.1 Å². The number of carbonyl (C=O) groups excluding carboxylic acids is 3. The van der Waals surface area contributed by atoms with E-state index >= 15 is 0 Å². The standard InChI is InChI=1S/C27H27N3O3S/c1-18-9-11-20(12-10-18)30-25(32)14-13-22(26(30)23-7-4-16-34-23)27(33)28-19-5-2-6-21(17-19)29-15-3-8-24(29)31/h2,4-7,9-12,16-17,22,26H,3,8,13-15H2,1H3,(H,28,33). The Labute approximate surface area is 203 Å². The van der Waals surface area contributed by atoms with Crippen LogP contribution in [0.4, 0.5) is 17.1 Å². The highest BCUT2D eigenvalue weighted by molar-refractivity contribution is 7.10. The quantitative estimate of drug-likeness (QED) is 0.546. The molecule has 3 amide bonds. The maximum absolute atomic E-state index is 13.6. The van der Waals surface area contributed by atoms with Crippen LogP contribution in [-0.4, -0.2) is 24.3 Å². The Morgan fingerprint density at radius 2 is 1.79 bits per heavy atom. The molecule has 0 spiro atoms. The van der Waals surface area contributed by atoms with Gasteiger partial charge in [-0.1, -0.05) is 29.8 Å². The van der Waals surface area contributed by atoms with Gasteiger partial charge in [-0.3, -0.25) is 14.4 Å². The number of nitrogens with zero attached hydrogens (tertiary/aromatic N) is 2. The second-order valence-corrected chi connectivity index (χ2v) is 9.87. The summed E-state index contributed by atoms with van der Waals surface area (Å²) >= 11 is 1.56. The highest BCUT2D eigenvalue weighted by Gasteiger charge is 2.42. The molecule has 0 aliphatic carbocycles. The zero-order valence-corrected chi connectivity index (χ0v) is 19.9. The molecule has 2 fully saturated rings. The molecule has 2 saturated heterocycles. The van der Waals surface area contributed by atoms with Crippen molar-refractivity contribution in [2.45, 2.75) is 38.6 Å². The van der Waals surface area contributed by atoms with Crippen LogP contribution in [0.25, 0.3) is 0 Å². The van der Waals surface area contributed by atoms with Gasteiger partial charge in [0.05, 0.1) is 12.0 Å². The third kappa shape index (κ3) is 4.35. The molecular formula is C27H27N3O3S. The summed E-state index contributed by atoms with van der Waals surface area (Å²) < 4.78 is 0. The number of piperidine rings is 1. The number of rotatable bonds is 5. The van der Waals surface area contributed by atoms with Crippen LogP contribution in [0.3, 0.4) is 0 Å². The Balaban J connectivity index is 1.43. The smallest absolute Gasteiger partial charge is 0.229 e. The van der Waals surface area contributed by atoms with Crippen molar-refractivity contribution >= 4 is 46.1 Å². The maximum atomic E-state index is 13.6. The van der Waals surface area contributed by atoms with Crippen LogP contribution in [0.1, 0.15) is 42.2 Å². The van der Waals surface area contributed by atoms with E-state index in [2.05, 4.69) is 5.32 Å².